The van der Waals surface area contributed by atoms with Gasteiger partial charge in [-0.25, -0.2) is 19.9 Å². The number of anilines is 2. The molecule has 0 atom stereocenters. The molecule has 5 aromatic rings. The van der Waals surface area contributed by atoms with E-state index in [0.29, 0.717) is 48.1 Å². The number of benzene rings is 2. The van der Waals surface area contributed by atoms with Crippen LogP contribution in [0.15, 0.2) is 79.3 Å². The van der Waals surface area contributed by atoms with Crippen molar-refractivity contribution in [2.75, 3.05) is 49.6 Å². The summed E-state index contributed by atoms with van der Waals surface area (Å²) in [5, 5.41) is 3.66. The van der Waals surface area contributed by atoms with Gasteiger partial charge in [0, 0.05) is 50.5 Å². The second kappa shape index (κ2) is 13.1. The van der Waals surface area contributed by atoms with Crippen LogP contribution >= 0.6 is 0 Å². The lowest BCUT2D eigenvalue weighted by Crippen LogP contribution is -2.38. The van der Waals surface area contributed by atoms with E-state index in [1.165, 1.54) is 17.7 Å². The molecule has 0 radical (unpaired) electrons. The van der Waals surface area contributed by atoms with Gasteiger partial charge in [0.05, 0.1) is 31.6 Å². The zero-order chi connectivity index (χ0) is 31.5. The van der Waals surface area contributed by atoms with Gasteiger partial charge in [-0.3, -0.25) is 4.90 Å². The van der Waals surface area contributed by atoms with Crippen LogP contribution in [0.5, 0.6) is 0 Å². The van der Waals surface area contributed by atoms with E-state index >= 15 is 0 Å². The average molecular weight is 629 g/mol. The summed E-state index contributed by atoms with van der Waals surface area (Å²) in [7, 11) is 0. The van der Waals surface area contributed by atoms with Gasteiger partial charge >= 0.3 is 6.18 Å². The first-order chi connectivity index (χ1) is 22.4. The summed E-state index contributed by atoms with van der Waals surface area (Å²) in [6.45, 7) is 6.09. The first kappa shape index (κ1) is 30.1. The Morgan fingerprint density at radius 2 is 1.54 bits per heavy atom. The molecule has 0 saturated carbocycles. The van der Waals surface area contributed by atoms with E-state index in [0.717, 1.165) is 69.1 Å². The quantitative estimate of drug-likeness (QED) is 0.229. The minimum absolute atomic E-state index is 0.208. The number of fused-ring (bicyclic) bond motifs is 1. The molecule has 7 rings (SSSR count). The number of piperidine rings is 1. The van der Waals surface area contributed by atoms with Gasteiger partial charge in [0.1, 0.15) is 11.3 Å². The fraction of sp³-hybridized carbons (Fsp3) is 0.353. The molecule has 2 saturated heterocycles. The molecule has 0 unspecified atom stereocenters. The number of rotatable bonds is 8. The molecule has 238 valence electrons. The van der Waals surface area contributed by atoms with Crippen molar-refractivity contribution in [1.29, 1.82) is 0 Å². The van der Waals surface area contributed by atoms with E-state index in [1.54, 1.807) is 12.5 Å². The van der Waals surface area contributed by atoms with Crippen molar-refractivity contribution in [1.82, 2.24) is 29.4 Å². The lowest BCUT2D eigenvalue weighted by Gasteiger charge is -2.32. The Bertz CT molecular complexity index is 1750. The van der Waals surface area contributed by atoms with E-state index < -0.39 is 11.7 Å². The number of imidazole rings is 1. The number of morpholine rings is 1. The fourth-order valence-electron chi connectivity index (χ4n) is 6.05. The summed E-state index contributed by atoms with van der Waals surface area (Å²) >= 11 is 0. The number of pyridine rings is 1. The largest absolute Gasteiger partial charge is 0.416 e. The van der Waals surface area contributed by atoms with Crippen LogP contribution in [-0.2, 0) is 24.0 Å². The molecule has 0 bridgehead atoms. The topological polar surface area (TPSA) is 84.2 Å². The molecule has 2 aromatic carbocycles. The molecular formula is C34H35F3N8O. The van der Waals surface area contributed by atoms with E-state index in [2.05, 4.69) is 44.4 Å². The lowest BCUT2D eigenvalue weighted by molar-refractivity contribution is -0.137. The van der Waals surface area contributed by atoms with Crippen LogP contribution in [0.3, 0.4) is 0 Å². The van der Waals surface area contributed by atoms with E-state index in [9.17, 15) is 13.2 Å². The Hall–Kier alpha value is -4.55. The SMILES string of the molecule is FC(F)(F)c1ccc(Cn2cnc3c(NC4CCN(Cc5ccccc5)CC4)nc(-c4ccc(N5CCOCC5)nc4)nc32)cc1. The molecule has 3 aromatic heterocycles. The second-order valence-electron chi connectivity index (χ2n) is 11.8. The van der Waals surface area contributed by atoms with Crippen molar-refractivity contribution < 1.29 is 17.9 Å². The third-order valence-corrected chi connectivity index (χ3v) is 8.62. The summed E-state index contributed by atoms with van der Waals surface area (Å²) in [6.07, 6.45) is 0.986. The van der Waals surface area contributed by atoms with Gasteiger partial charge < -0.3 is 19.5 Å². The highest BCUT2D eigenvalue weighted by molar-refractivity contribution is 5.85. The highest BCUT2D eigenvalue weighted by atomic mass is 19.4. The van der Waals surface area contributed by atoms with Crippen LogP contribution in [0.25, 0.3) is 22.6 Å². The highest BCUT2D eigenvalue weighted by Crippen LogP contribution is 2.30. The summed E-state index contributed by atoms with van der Waals surface area (Å²) in [6, 6.07) is 19.9. The van der Waals surface area contributed by atoms with E-state index in [4.69, 9.17) is 19.7 Å². The molecule has 1 N–H and O–H groups in total. The molecule has 12 heteroatoms. The van der Waals surface area contributed by atoms with Crippen molar-refractivity contribution in [3.63, 3.8) is 0 Å². The number of hydrogen-bond donors (Lipinski definition) is 1. The zero-order valence-corrected chi connectivity index (χ0v) is 25.3. The van der Waals surface area contributed by atoms with Crippen LogP contribution in [0.2, 0.25) is 0 Å². The third kappa shape index (κ3) is 6.82. The number of ether oxygens (including phenoxy) is 1. The standard InChI is InChI=1S/C34H35F3N8O/c35-34(36,37)27-9-6-25(7-10-27)22-45-23-39-30-32(40-28-12-14-43(15-13-28)21-24-4-2-1-3-5-24)41-31(42-33(30)45)26-8-11-29(38-20-26)44-16-18-46-19-17-44/h1-11,20,23,28H,12-19,21-22H2,(H,40,41,42). The van der Waals surface area contributed by atoms with Gasteiger partial charge in [-0.15, -0.1) is 0 Å². The first-order valence-electron chi connectivity index (χ1n) is 15.6. The Balaban J connectivity index is 1.15. The summed E-state index contributed by atoms with van der Waals surface area (Å²) < 4.78 is 46.8. The van der Waals surface area contributed by atoms with Gasteiger partial charge in [0.2, 0.25) is 0 Å². The van der Waals surface area contributed by atoms with Crippen molar-refractivity contribution in [2.45, 2.75) is 38.1 Å². The summed E-state index contributed by atoms with van der Waals surface area (Å²) in [5.41, 5.74) is 3.34. The molecule has 0 amide bonds. The predicted octanol–water partition coefficient (Wildman–Crippen LogP) is 5.87. The Labute approximate surface area is 265 Å². The molecule has 0 aliphatic carbocycles. The van der Waals surface area contributed by atoms with Gasteiger partial charge in [-0.2, -0.15) is 13.2 Å². The summed E-state index contributed by atoms with van der Waals surface area (Å²) in [4.78, 5) is 23.9. The lowest BCUT2D eigenvalue weighted by atomic mass is 10.0. The molecule has 2 fully saturated rings. The number of likely N-dealkylation sites (tertiary alicyclic amines) is 1. The Morgan fingerprint density at radius 3 is 2.24 bits per heavy atom. The number of hydrogen-bond acceptors (Lipinski definition) is 8. The summed E-state index contributed by atoms with van der Waals surface area (Å²) in [5.74, 6) is 2.03. The molecule has 9 nitrogen and oxygen atoms in total. The smallest absolute Gasteiger partial charge is 0.378 e. The minimum Gasteiger partial charge on any atom is -0.378 e. The Morgan fingerprint density at radius 1 is 0.804 bits per heavy atom. The van der Waals surface area contributed by atoms with E-state index in [1.807, 2.05) is 22.8 Å². The maximum atomic E-state index is 13.1. The average Bonchev–Trinajstić information content (AvgIpc) is 3.49. The normalized spacial score (nSPS) is 16.6. The van der Waals surface area contributed by atoms with Crippen LogP contribution in [0.4, 0.5) is 24.8 Å². The number of nitrogens with zero attached hydrogens (tertiary/aromatic N) is 7. The number of aromatic nitrogens is 5. The molecule has 46 heavy (non-hydrogen) atoms. The number of nitrogens with one attached hydrogen (secondary N) is 1. The van der Waals surface area contributed by atoms with Crippen LogP contribution < -0.4 is 10.2 Å². The van der Waals surface area contributed by atoms with Crippen LogP contribution in [0.1, 0.15) is 29.5 Å². The first-order valence-corrected chi connectivity index (χ1v) is 15.6. The molecule has 5 heterocycles. The van der Waals surface area contributed by atoms with Crippen LogP contribution in [-0.4, -0.2) is 74.8 Å². The number of alkyl halides is 3. The van der Waals surface area contributed by atoms with Gasteiger partial charge in [-0.1, -0.05) is 42.5 Å². The van der Waals surface area contributed by atoms with Gasteiger partial charge in [0.25, 0.3) is 0 Å². The monoisotopic (exact) mass is 628 g/mol. The van der Waals surface area contributed by atoms with Gasteiger partial charge in [0.15, 0.2) is 17.3 Å². The molecule has 2 aliphatic rings. The minimum atomic E-state index is -4.38. The molecule has 2 aliphatic heterocycles. The maximum Gasteiger partial charge on any atom is 0.416 e. The van der Waals surface area contributed by atoms with Gasteiger partial charge in [-0.05, 0) is 48.2 Å². The molecule has 0 spiro atoms. The Kier molecular flexibility index (Phi) is 8.55. The van der Waals surface area contributed by atoms with Crippen molar-refractivity contribution in [2.24, 2.45) is 0 Å². The zero-order valence-electron chi connectivity index (χ0n) is 25.3. The molecular weight excluding hydrogens is 593 g/mol. The maximum absolute atomic E-state index is 13.1. The second-order valence-corrected chi connectivity index (χ2v) is 11.8. The van der Waals surface area contributed by atoms with Crippen molar-refractivity contribution in [3.05, 3.63) is 95.9 Å². The van der Waals surface area contributed by atoms with Crippen LogP contribution in [0, 0.1) is 0 Å². The van der Waals surface area contributed by atoms with Crippen molar-refractivity contribution in [3.8, 4) is 11.4 Å². The predicted molar refractivity (Wildman–Crippen MR) is 170 cm³/mol. The third-order valence-electron chi connectivity index (χ3n) is 8.62. The fourth-order valence-corrected chi connectivity index (χ4v) is 6.05. The van der Waals surface area contributed by atoms with Crippen molar-refractivity contribution >= 4 is 22.8 Å². The highest BCUT2D eigenvalue weighted by Gasteiger charge is 2.30. The number of halogens is 3. The van der Waals surface area contributed by atoms with E-state index in [-0.39, 0.29) is 6.04 Å².